The highest BCUT2D eigenvalue weighted by Crippen LogP contribution is 2.32. The van der Waals surface area contributed by atoms with E-state index in [0.717, 1.165) is 29.8 Å². The number of likely N-dealkylation sites (tertiary alicyclic amines) is 1. The number of nitrogens with zero attached hydrogens (tertiary/aromatic N) is 4. The average Bonchev–Trinajstić information content (AvgIpc) is 3.34. The van der Waals surface area contributed by atoms with E-state index in [-0.39, 0.29) is 18.4 Å². The van der Waals surface area contributed by atoms with Crippen LogP contribution in [-0.2, 0) is 18.3 Å². The number of aryl methyl sites for hydroxylation is 1. The van der Waals surface area contributed by atoms with Crippen LogP contribution >= 0.6 is 11.3 Å². The molecule has 0 aromatic carbocycles. The van der Waals surface area contributed by atoms with E-state index in [1.54, 1.807) is 22.3 Å². The van der Waals surface area contributed by atoms with Crippen LogP contribution < -0.4 is 0 Å². The molecule has 1 fully saturated rings. The van der Waals surface area contributed by atoms with E-state index < -0.39 is 0 Å². The van der Waals surface area contributed by atoms with Crippen molar-refractivity contribution in [2.45, 2.75) is 25.3 Å². The average molecular weight is 342 g/mol. The Kier molecular flexibility index (Phi) is 3.93. The van der Waals surface area contributed by atoms with Crippen molar-refractivity contribution in [1.29, 1.82) is 0 Å². The van der Waals surface area contributed by atoms with Gasteiger partial charge in [0.2, 0.25) is 11.8 Å². The molecule has 1 aliphatic rings. The monoisotopic (exact) mass is 342 g/mol. The molecule has 1 unspecified atom stereocenters. The smallest absolute Gasteiger partial charge is 0.236 e. The first-order chi connectivity index (χ1) is 11.7. The molecule has 124 valence electrons. The van der Waals surface area contributed by atoms with Gasteiger partial charge in [-0.3, -0.25) is 9.48 Å². The maximum absolute atomic E-state index is 12.7. The number of hydrogen-bond acceptors (Lipinski definition) is 5. The van der Waals surface area contributed by atoms with Crippen LogP contribution in [0.2, 0.25) is 0 Å². The minimum atomic E-state index is 0.0902. The van der Waals surface area contributed by atoms with Gasteiger partial charge in [0.1, 0.15) is 6.26 Å². The van der Waals surface area contributed by atoms with Gasteiger partial charge in [-0.1, -0.05) is 6.07 Å². The molecule has 1 saturated heterocycles. The molecule has 0 spiro atoms. The molecule has 1 aliphatic heterocycles. The predicted molar refractivity (Wildman–Crippen MR) is 90.4 cm³/mol. The topological polar surface area (TPSA) is 64.2 Å². The summed E-state index contributed by atoms with van der Waals surface area (Å²) in [6.45, 7) is 0.786. The van der Waals surface area contributed by atoms with Crippen molar-refractivity contribution >= 4 is 17.2 Å². The summed E-state index contributed by atoms with van der Waals surface area (Å²) in [5, 5.41) is 6.20. The number of rotatable bonds is 4. The second kappa shape index (κ2) is 6.24. The number of amides is 1. The zero-order valence-corrected chi connectivity index (χ0v) is 14.2. The summed E-state index contributed by atoms with van der Waals surface area (Å²) in [4.78, 5) is 20.1. The zero-order chi connectivity index (χ0) is 16.5. The molecule has 3 aromatic rings. The van der Waals surface area contributed by atoms with Crippen LogP contribution in [0.1, 0.15) is 30.1 Å². The van der Waals surface area contributed by atoms with Gasteiger partial charge in [-0.15, -0.1) is 11.3 Å². The van der Waals surface area contributed by atoms with E-state index in [4.69, 9.17) is 4.42 Å². The number of carbonyl (C=O) groups is 1. The van der Waals surface area contributed by atoms with Crippen molar-refractivity contribution in [3.8, 4) is 10.8 Å². The minimum absolute atomic E-state index is 0.0902. The third-order valence-corrected chi connectivity index (χ3v) is 5.16. The SMILES string of the molecule is Cn1cc(C2CCCN2C(=O)Cc2coc(-c3cccs3)n2)cn1. The largest absolute Gasteiger partial charge is 0.444 e. The molecule has 1 atom stereocenters. The van der Waals surface area contributed by atoms with Gasteiger partial charge in [0.25, 0.3) is 0 Å². The third-order valence-electron chi connectivity index (χ3n) is 4.30. The number of carbonyl (C=O) groups excluding carboxylic acids is 1. The van der Waals surface area contributed by atoms with Gasteiger partial charge in [0.15, 0.2) is 0 Å². The Morgan fingerprint density at radius 3 is 3.17 bits per heavy atom. The highest BCUT2D eigenvalue weighted by atomic mass is 32.1. The van der Waals surface area contributed by atoms with E-state index in [9.17, 15) is 4.79 Å². The first-order valence-corrected chi connectivity index (χ1v) is 8.85. The second-order valence-electron chi connectivity index (χ2n) is 5.99. The molecular weight excluding hydrogens is 324 g/mol. The van der Waals surface area contributed by atoms with E-state index in [1.165, 1.54) is 0 Å². The van der Waals surface area contributed by atoms with Gasteiger partial charge in [-0.2, -0.15) is 5.10 Å². The van der Waals surface area contributed by atoms with Crippen LogP contribution in [0.25, 0.3) is 10.8 Å². The van der Waals surface area contributed by atoms with Crippen molar-refractivity contribution in [3.63, 3.8) is 0 Å². The van der Waals surface area contributed by atoms with Gasteiger partial charge in [-0.05, 0) is 24.3 Å². The predicted octanol–water partition coefficient (Wildman–Crippen LogP) is 3.04. The van der Waals surface area contributed by atoms with Crippen molar-refractivity contribution in [3.05, 3.63) is 47.4 Å². The lowest BCUT2D eigenvalue weighted by Gasteiger charge is -2.23. The molecule has 3 aromatic heterocycles. The summed E-state index contributed by atoms with van der Waals surface area (Å²) in [5.74, 6) is 0.672. The number of thiophene rings is 1. The van der Waals surface area contributed by atoms with Crippen LogP contribution in [0, 0.1) is 0 Å². The van der Waals surface area contributed by atoms with Crippen LogP contribution in [0.3, 0.4) is 0 Å². The van der Waals surface area contributed by atoms with E-state index in [1.807, 2.05) is 41.9 Å². The summed E-state index contributed by atoms with van der Waals surface area (Å²) in [6.07, 6.45) is 7.69. The first kappa shape index (κ1) is 15.1. The Morgan fingerprint density at radius 1 is 1.50 bits per heavy atom. The summed E-state index contributed by atoms with van der Waals surface area (Å²) >= 11 is 1.57. The second-order valence-corrected chi connectivity index (χ2v) is 6.94. The lowest BCUT2D eigenvalue weighted by Crippen LogP contribution is -2.31. The molecule has 1 amide bonds. The van der Waals surface area contributed by atoms with Crippen molar-refractivity contribution in [2.24, 2.45) is 7.05 Å². The molecule has 0 radical (unpaired) electrons. The third kappa shape index (κ3) is 2.87. The van der Waals surface area contributed by atoms with Crippen molar-refractivity contribution < 1.29 is 9.21 Å². The summed E-state index contributed by atoms with van der Waals surface area (Å²) in [5.41, 5.74) is 1.78. The minimum Gasteiger partial charge on any atom is -0.444 e. The standard InChI is InChI=1S/C17H18N4O2S/c1-20-10-12(9-18-20)14-4-2-6-21(14)16(22)8-13-11-23-17(19-13)15-5-3-7-24-15/h3,5,7,9-11,14H,2,4,6,8H2,1H3. The summed E-state index contributed by atoms with van der Waals surface area (Å²) in [7, 11) is 1.89. The Hall–Kier alpha value is -2.41. The van der Waals surface area contributed by atoms with E-state index in [2.05, 4.69) is 10.1 Å². The van der Waals surface area contributed by atoms with Crippen molar-refractivity contribution in [1.82, 2.24) is 19.7 Å². The Labute approximate surface area is 143 Å². The lowest BCUT2D eigenvalue weighted by molar-refractivity contribution is -0.131. The quantitative estimate of drug-likeness (QED) is 0.731. The van der Waals surface area contributed by atoms with Gasteiger partial charge in [0.05, 0.1) is 29.2 Å². The summed E-state index contributed by atoms with van der Waals surface area (Å²) in [6, 6.07) is 4.04. The fraction of sp³-hybridized carbons (Fsp3) is 0.353. The molecule has 24 heavy (non-hydrogen) atoms. The maximum atomic E-state index is 12.7. The molecule has 0 bridgehead atoms. The number of aromatic nitrogens is 3. The summed E-state index contributed by atoms with van der Waals surface area (Å²) < 4.78 is 7.28. The molecule has 0 saturated carbocycles. The lowest BCUT2D eigenvalue weighted by atomic mass is 10.1. The Balaban J connectivity index is 1.47. The Morgan fingerprint density at radius 2 is 2.42 bits per heavy atom. The molecular formula is C17H18N4O2S. The normalized spacial score (nSPS) is 17.5. The van der Waals surface area contributed by atoms with Gasteiger partial charge in [-0.25, -0.2) is 4.98 Å². The van der Waals surface area contributed by atoms with Crippen molar-refractivity contribution in [2.75, 3.05) is 6.54 Å². The van der Waals surface area contributed by atoms with E-state index in [0.29, 0.717) is 11.6 Å². The van der Waals surface area contributed by atoms with Crippen LogP contribution in [-0.4, -0.2) is 32.1 Å². The Bertz CT molecular complexity index is 837. The van der Waals surface area contributed by atoms with Crippen LogP contribution in [0.4, 0.5) is 0 Å². The first-order valence-electron chi connectivity index (χ1n) is 7.97. The van der Waals surface area contributed by atoms with Crippen LogP contribution in [0.15, 0.2) is 40.6 Å². The fourth-order valence-electron chi connectivity index (χ4n) is 3.18. The fourth-order valence-corrected chi connectivity index (χ4v) is 3.84. The molecule has 6 nitrogen and oxygen atoms in total. The van der Waals surface area contributed by atoms with E-state index >= 15 is 0 Å². The van der Waals surface area contributed by atoms with Gasteiger partial charge >= 0.3 is 0 Å². The number of hydrogen-bond donors (Lipinski definition) is 0. The number of oxazole rings is 1. The molecule has 7 heteroatoms. The molecule has 0 aliphatic carbocycles. The van der Waals surface area contributed by atoms with Crippen LogP contribution in [0.5, 0.6) is 0 Å². The molecule has 4 heterocycles. The molecule has 0 N–H and O–H groups in total. The van der Waals surface area contributed by atoms with Gasteiger partial charge < -0.3 is 9.32 Å². The maximum Gasteiger partial charge on any atom is 0.236 e. The zero-order valence-electron chi connectivity index (χ0n) is 13.4. The van der Waals surface area contributed by atoms with Gasteiger partial charge in [0, 0.05) is 25.4 Å². The highest BCUT2D eigenvalue weighted by molar-refractivity contribution is 7.13. The molecule has 4 rings (SSSR count). The highest BCUT2D eigenvalue weighted by Gasteiger charge is 2.31.